The van der Waals surface area contributed by atoms with Crippen molar-refractivity contribution in [2.24, 2.45) is 0 Å². The van der Waals surface area contributed by atoms with Gasteiger partial charge in [-0.3, -0.25) is 4.79 Å². The summed E-state index contributed by atoms with van der Waals surface area (Å²) in [6, 6.07) is 8.56. The summed E-state index contributed by atoms with van der Waals surface area (Å²) in [4.78, 5) is 14.1. The molecule has 0 aliphatic heterocycles. The highest BCUT2D eigenvalue weighted by atomic mass is 16.5. The third-order valence-corrected chi connectivity index (χ3v) is 3.87. The number of carbonyl (C=O) groups is 1. The van der Waals surface area contributed by atoms with Crippen molar-refractivity contribution in [3.05, 3.63) is 24.3 Å². The number of amides is 1. The quantitative estimate of drug-likeness (QED) is 0.868. The van der Waals surface area contributed by atoms with Gasteiger partial charge in [-0.1, -0.05) is 25.0 Å². The largest absolute Gasteiger partial charge is 0.372 e. The molecule has 0 heterocycles. The fourth-order valence-corrected chi connectivity index (χ4v) is 2.76. The molecule has 1 aliphatic rings. The molecule has 0 atom stereocenters. The minimum atomic E-state index is -0.0980. The molecule has 20 heavy (non-hydrogen) atoms. The molecule has 1 aliphatic carbocycles. The van der Waals surface area contributed by atoms with Crippen molar-refractivity contribution in [2.45, 2.75) is 38.6 Å². The number of nitrogens with one attached hydrogen (secondary N) is 1. The van der Waals surface area contributed by atoms with Gasteiger partial charge >= 0.3 is 0 Å². The first kappa shape index (κ1) is 14.9. The highest BCUT2D eigenvalue weighted by molar-refractivity contribution is 5.95. The second kappa shape index (κ2) is 7.29. The molecule has 0 spiro atoms. The lowest BCUT2D eigenvalue weighted by atomic mass is 10.1. The first-order valence-electron chi connectivity index (χ1n) is 7.42. The molecule has 1 fully saturated rings. The van der Waals surface area contributed by atoms with Crippen molar-refractivity contribution in [3.8, 4) is 0 Å². The highest BCUT2D eigenvalue weighted by Crippen LogP contribution is 2.31. The van der Waals surface area contributed by atoms with Gasteiger partial charge in [0, 0.05) is 19.7 Å². The molecule has 0 bridgehead atoms. The summed E-state index contributed by atoms with van der Waals surface area (Å²) in [5.74, 6) is -0.0980. The fraction of sp³-hybridized carbons (Fsp3) is 0.562. The Labute approximate surface area is 121 Å². The summed E-state index contributed by atoms with van der Waals surface area (Å²) in [5, 5.41) is 2.94. The Morgan fingerprint density at radius 3 is 2.75 bits per heavy atom. The van der Waals surface area contributed by atoms with E-state index in [9.17, 15) is 4.79 Å². The molecule has 1 saturated carbocycles. The number of anilines is 2. The SMILES string of the molecule is CCOCC(=O)Nc1ccccc1N(C)C1CCCC1. The number of hydrogen-bond donors (Lipinski definition) is 1. The minimum absolute atomic E-state index is 0.0980. The summed E-state index contributed by atoms with van der Waals surface area (Å²) in [5.41, 5.74) is 1.95. The molecule has 4 nitrogen and oxygen atoms in total. The molecular weight excluding hydrogens is 252 g/mol. The predicted octanol–water partition coefficient (Wildman–Crippen LogP) is 3.04. The summed E-state index contributed by atoms with van der Waals surface area (Å²) < 4.78 is 5.14. The van der Waals surface area contributed by atoms with Gasteiger partial charge in [0.15, 0.2) is 0 Å². The van der Waals surface area contributed by atoms with E-state index in [4.69, 9.17) is 4.74 Å². The van der Waals surface area contributed by atoms with Crippen LogP contribution in [0.2, 0.25) is 0 Å². The van der Waals surface area contributed by atoms with Crippen LogP contribution in [0.3, 0.4) is 0 Å². The Morgan fingerprint density at radius 2 is 2.05 bits per heavy atom. The fourth-order valence-electron chi connectivity index (χ4n) is 2.76. The van der Waals surface area contributed by atoms with E-state index in [1.54, 1.807) is 0 Å². The number of rotatable bonds is 6. The van der Waals surface area contributed by atoms with Gasteiger partial charge in [0.25, 0.3) is 0 Å². The van der Waals surface area contributed by atoms with Crippen LogP contribution in [0.5, 0.6) is 0 Å². The molecular formula is C16H24N2O2. The average molecular weight is 276 g/mol. The van der Waals surface area contributed by atoms with E-state index in [2.05, 4.69) is 23.3 Å². The molecule has 0 aromatic heterocycles. The van der Waals surface area contributed by atoms with Gasteiger partial charge in [0.2, 0.25) is 5.91 Å². The lowest BCUT2D eigenvalue weighted by molar-refractivity contribution is -0.120. The first-order valence-corrected chi connectivity index (χ1v) is 7.42. The van der Waals surface area contributed by atoms with Gasteiger partial charge in [0.1, 0.15) is 6.61 Å². The van der Waals surface area contributed by atoms with E-state index < -0.39 is 0 Å². The van der Waals surface area contributed by atoms with Gasteiger partial charge in [-0.25, -0.2) is 0 Å². The topological polar surface area (TPSA) is 41.6 Å². The second-order valence-electron chi connectivity index (χ2n) is 5.25. The van der Waals surface area contributed by atoms with E-state index >= 15 is 0 Å². The van der Waals surface area contributed by atoms with Crippen LogP contribution in [0.25, 0.3) is 0 Å². The Hall–Kier alpha value is -1.55. The maximum absolute atomic E-state index is 11.8. The lowest BCUT2D eigenvalue weighted by Crippen LogP contribution is -2.30. The van der Waals surface area contributed by atoms with Crippen LogP contribution in [0.15, 0.2) is 24.3 Å². The van der Waals surface area contributed by atoms with Crippen LogP contribution in [-0.2, 0) is 9.53 Å². The predicted molar refractivity (Wildman–Crippen MR) is 82.2 cm³/mol. The standard InChI is InChI=1S/C16H24N2O2/c1-3-20-12-16(19)17-14-10-6-7-11-15(14)18(2)13-8-4-5-9-13/h6-7,10-11,13H,3-5,8-9,12H2,1-2H3,(H,17,19). The Kier molecular flexibility index (Phi) is 5.41. The monoisotopic (exact) mass is 276 g/mol. The van der Waals surface area contributed by atoms with Crippen molar-refractivity contribution in [1.82, 2.24) is 0 Å². The smallest absolute Gasteiger partial charge is 0.250 e. The summed E-state index contributed by atoms with van der Waals surface area (Å²) >= 11 is 0. The van der Waals surface area contributed by atoms with Crippen molar-refractivity contribution >= 4 is 17.3 Å². The molecule has 1 aromatic rings. The summed E-state index contributed by atoms with van der Waals surface area (Å²) in [7, 11) is 2.11. The van der Waals surface area contributed by atoms with E-state index in [1.807, 2.05) is 25.1 Å². The number of hydrogen-bond acceptors (Lipinski definition) is 3. The molecule has 2 rings (SSSR count). The Balaban J connectivity index is 2.07. The van der Waals surface area contributed by atoms with Gasteiger partial charge in [-0.05, 0) is 31.9 Å². The van der Waals surface area contributed by atoms with Crippen molar-refractivity contribution in [2.75, 3.05) is 30.5 Å². The zero-order valence-electron chi connectivity index (χ0n) is 12.4. The molecule has 0 saturated heterocycles. The van der Waals surface area contributed by atoms with E-state index in [1.165, 1.54) is 25.7 Å². The third-order valence-electron chi connectivity index (χ3n) is 3.87. The third kappa shape index (κ3) is 3.73. The summed E-state index contributed by atoms with van der Waals surface area (Å²) in [6.07, 6.45) is 5.07. The molecule has 1 amide bonds. The van der Waals surface area contributed by atoms with Crippen molar-refractivity contribution in [1.29, 1.82) is 0 Å². The van der Waals surface area contributed by atoms with Crippen LogP contribution in [0.4, 0.5) is 11.4 Å². The number of carbonyl (C=O) groups excluding carboxylic acids is 1. The zero-order chi connectivity index (χ0) is 14.4. The van der Waals surface area contributed by atoms with Crippen LogP contribution >= 0.6 is 0 Å². The minimum Gasteiger partial charge on any atom is -0.372 e. The van der Waals surface area contributed by atoms with Gasteiger partial charge < -0.3 is 15.0 Å². The summed E-state index contributed by atoms with van der Waals surface area (Å²) in [6.45, 7) is 2.55. The highest BCUT2D eigenvalue weighted by Gasteiger charge is 2.21. The van der Waals surface area contributed by atoms with Gasteiger partial charge in [-0.15, -0.1) is 0 Å². The van der Waals surface area contributed by atoms with E-state index in [-0.39, 0.29) is 12.5 Å². The molecule has 0 radical (unpaired) electrons. The molecule has 110 valence electrons. The Morgan fingerprint density at radius 1 is 1.35 bits per heavy atom. The van der Waals surface area contributed by atoms with Crippen LogP contribution < -0.4 is 10.2 Å². The average Bonchev–Trinajstić information content (AvgIpc) is 2.99. The molecule has 1 N–H and O–H groups in total. The van der Waals surface area contributed by atoms with E-state index in [0.29, 0.717) is 12.6 Å². The maximum atomic E-state index is 11.8. The number of benzene rings is 1. The normalized spacial score (nSPS) is 15.3. The zero-order valence-corrected chi connectivity index (χ0v) is 12.4. The first-order chi connectivity index (χ1) is 9.72. The second-order valence-corrected chi connectivity index (χ2v) is 5.25. The number of para-hydroxylation sites is 2. The molecule has 0 unspecified atom stereocenters. The maximum Gasteiger partial charge on any atom is 0.250 e. The van der Waals surface area contributed by atoms with E-state index in [0.717, 1.165) is 11.4 Å². The van der Waals surface area contributed by atoms with Crippen LogP contribution in [-0.4, -0.2) is 32.2 Å². The van der Waals surface area contributed by atoms with Gasteiger partial charge in [-0.2, -0.15) is 0 Å². The van der Waals surface area contributed by atoms with Crippen molar-refractivity contribution < 1.29 is 9.53 Å². The van der Waals surface area contributed by atoms with Crippen molar-refractivity contribution in [3.63, 3.8) is 0 Å². The lowest BCUT2D eigenvalue weighted by Gasteiger charge is -2.28. The molecule has 1 aromatic carbocycles. The Bertz CT molecular complexity index is 442. The number of ether oxygens (including phenoxy) is 1. The van der Waals surface area contributed by atoms with Crippen LogP contribution in [0, 0.1) is 0 Å². The number of nitrogens with zero attached hydrogens (tertiary/aromatic N) is 1. The molecule has 4 heteroatoms. The van der Waals surface area contributed by atoms with Crippen LogP contribution in [0.1, 0.15) is 32.6 Å². The van der Waals surface area contributed by atoms with Gasteiger partial charge in [0.05, 0.1) is 11.4 Å².